The normalized spacial score (nSPS) is 12.1. The molecule has 0 fully saturated rings. The third-order valence-electron chi connectivity index (χ3n) is 3.72. The zero-order valence-electron chi connectivity index (χ0n) is 14.3. The second-order valence-corrected chi connectivity index (χ2v) is 6.72. The molecule has 1 amide bonds. The van der Waals surface area contributed by atoms with Gasteiger partial charge in [0.05, 0.1) is 12.1 Å². The standard InChI is InChI=1S/C20H24N2O/c1-15(17-10-12-18(13-11-17)20(2,3)4)21-22-19(23)14-16-8-6-5-7-9-16/h5-13H,14H2,1-4H3,(H,22,23)/b21-15-. The maximum Gasteiger partial charge on any atom is 0.244 e. The van der Waals surface area contributed by atoms with E-state index in [4.69, 9.17) is 0 Å². The molecule has 2 rings (SSSR count). The van der Waals surface area contributed by atoms with Crippen LogP contribution in [0.4, 0.5) is 0 Å². The van der Waals surface area contributed by atoms with E-state index < -0.39 is 0 Å². The summed E-state index contributed by atoms with van der Waals surface area (Å²) in [4.78, 5) is 11.9. The van der Waals surface area contributed by atoms with E-state index in [1.54, 1.807) is 0 Å². The number of rotatable bonds is 4. The second kappa shape index (κ2) is 7.23. The smallest absolute Gasteiger partial charge is 0.244 e. The zero-order chi connectivity index (χ0) is 16.9. The van der Waals surface area contributed by atoms with E-state index in [2.05, 4.69) is 43.4 Å². The van der Waals surface area contributed by atoms with Crippen LogP contribution < -0.4 is 5.43 Å². The van der Waals surface area contributed by atoms with E-state index in [0.29, 0.717) is 6.42 Å². The molecule has 0 aliphatic rings. The Hall–Kier alpha value is -2.42. The molecule has 0 atom stereocenters. The summed E-state index contributed by atoms with van der Waals surface area (Å²) in [5.41, 5.74) is 6.82. The summed E-state index contributed by atoms with van der Waals surface area (Å²) in [6.07, 6.45) is 0.334. The Kier molecular flexibility index (Phi) is 5.32. The van der Waals surface area contributed by atoms with E-state index in [0.717, 1.165) is 16.8 Å². The summed E-state index contributed by atoms with van der Waals surface area (Å²) in [6.45, 7) is 8.46. The van der Waals surface area contributed by atoms with Crippen molar-refractivity contribution in [1.82, 2.24) is 5.43 Å². The lowest BCUT2D eigenvalue weighted by atomic mass is 9.86. The van der Waals surface area contributed by atoms with Crippen molar-refractivity contribution in [2.24, 2.45) is 5.10 Å². The van der Waals surface area contributed by atoms with Gasteiger partial charge in [-0.25, -0.2) is 5.43 Å². The zero-order valence-corrected chi connectivity index (χ0v) is 14.3. The van der Waals surface area contributed by atoms with Crippen LogP contribution in [0.25, 0.3) is 0 Å². The lowest BCUT2D eigenvalue weighted by Gasteiger charge is -2.19. The highest BCUT2D eigenvalue weighted by atomic mass is 16.2. The first-order valence-electron chi connectivity index (χ1n) is 7.84. The summed E-state index contributed by atoms with van der Waals surface area (Å²) in [6, 6.07) is 18.0. The Morgan fingerprint density at radius 2 is 1.61 bits per heavy atom. The minimum atomic E-state index is -0.109. The lowest BCUT2D eigenvalue weighted by molar-refractivity contribution is -0.120. The maximum atomic E-state index is 11.9. The fourth-order valence-corrected chi connectivity index (χ4v) is 2.24. The van der Waals surface area contributed by atoms with Crippen LogP contribution in [-0.4, -0.2) is 11.6 Å². The van der Waals surface area contributed by atoms with Crippen LogP contribution in [0.3, 0.4) is 0 Å². The molecule has 3 nitrogen and oxygen atoms in total. The summed E-state index contributed by atoms with van der Waals surface area (Å²) in [7, 11) is 0. The van der Waals surface area contributed by atoms with Gasteiger partial charge in [0.25, 0.3) is 0 Å². The number of hydrogen-bond donors (Lipinski definition) is 1. The summed E-state index contributed by atoms with van der Waals surface area (Å²) in [5, 5.41) is 4.20. The Morgan fingerprint density at radius 1 is 1.00 bits per heavy atom. The van der Waals surface area contributed by atoms with Crippen molar-refractivity contribution in [3.63, 3.8) is 0 Å². The van der Waals surface area contributed by atoms with Crippen molar-refractivity contribution >= 4 is 11.6 Å². The summed E-state index contributed by atoms with van der Waals surface area (Å²) in [5.74, 6) is -0.109. The van der Waals surface area contributed by atoms with E-state index in [-0.39, 0.29) is 11.3 Å². The van der Waals surface area contributed by atoms with Gasteiger partial charge in [0.1, 0.15) is 0 Å². The van der Waals surface area contributed by atoms with E-state index in [1.807, 2.05) is 49.4 Å². The van der Waals surface area contributed by atoms with Gasteiger partial charge >= 0.3 is 0 Å². The van der Waals surface area contributed by atoms with Gasteiger partial charge in [-0.3, -0.25) is 4.79 Å². The van der Waals surface area contributed by atoms with Gasteiger partial charge in [-0.05, 0) is 29.0 Å². The van der Waals surface area contributed by atoms with Gasteiger partial charge in [-0.1, -0.05) is 75.4 Å². The topological polar surface area (TPSA) is 41.5 Å². The fraction of sp³-hybridized carbons (Fsp3) is 0.300. The predicted octanol–water partition coefficient (Wildman–Crippen LogP) is 4.07. The number of carbonyl (C=O) groups excluding carboxylic acids is 1. The molecule has 0 bridgehead atoms. The highest BCUT2D eigenvalue weighted by Crippen LogP contribution is 2.22. The lowest BCUT2D eigenvalue weighted by Crippen LogP contribution is -2.21. The Balaban J connectivity index is 1.98. The van der Waals surface area contributed by atoms with Gasteiger partial charge in [-0.2, -0.15) is 5.10 Å². The largest absolute Gasteiger partial charge is 0.273 e. The molecule has 3 heteroatoms. The van der Waals surface area contributed by atoms with Crippen LogP contribution in [0.5, 0.6) is 0 Å². The van der Waals surface area contributed by atoms with Gasteiger partial charge < -0.3 is 0 Å². The predicted molar refractivity (Wildman–Crippen MR) is 95.6 cm³/mol. The highest BCUT2D eigenvalue weighted by molar-refractivity contribution is 5.99. The van der Waals surface area contributed by atoms with Crippen LogP contribution in [0.1, 0.15) is 44.4 Å². The molecule has 120 valence electrons. The number of carbonyl (C=O) groups is 1. The Morgan fingerprint density at radius 3 is 2.17 bits per heavy atom. The van der Waals surface area contributed by atoms with Crippen molar-refractivity contribution in [3.05, 3.63) is 71.3 Å². The molecule has 0 aliphatic heterocycles. The number of amides is 1. The molecule has 0 unspecified atom stereocenters. The minimum absolute atomic E-state index is 0.109. The molecule has 0 aromatic heterocycles. The van der Waals surface area contributed by atoms with Gasteiger partial charge in [-0.15, -0.1) is 0 Å². The first-order chi connectivity index (χ1) is 10.9. The molecule has 0 spiro atoms. The maximum absolute atomic E-state index is 11.9. The number of hydrazone groups is 1. The molecule has 2 aromatic rings. The minimum Gasteiger partial charge on any atom is -0.273 e. The number of nitrogens with one attached hydrogen (secondary N) is 1. The van der Waals surface area contributed by atoms with Crippen molar-refractivity contribution in [2.45, 2.75) is 39.5 Å². The number of nitrogens with zero attached hydrogens (tertiary/aromatic N) is 1. The molecule has 2 aromatic carbocycles. The molecule has 0 heterocycles. The number of benzene rings is 2. The monoisotopic (exact) mass is 308 g/mol. The first-order valence-corrected chi connectivity index (χ1v) is 7.84. The molecular weight excluding hydrogens is 284 g/mol. The third kappa shape index (κ3) is 5.06. The molecule has 0 aliphatic carbocycles. The van der Waals surface area contributed by atoms with Gasteiger partial charge in [0, 0.05) is 0 Å². The van der Waals surface area contributed by atoms with Gasteiger partial charge in [0.15, 0.2) is 0 Å². The van der Waals surface area contributed by atoms with Gasteiger partial charge in [0.2, 0.25) is 5.91 Å². The molecule has 0 saturated carbocycles. The van der Waals surface area contributed by atoms with Crippen LogP contribution in [0.15, 0.2) is 59.7 Å². The summed E-state index contributed by atoms with van der Waals surface area (Å²) < 4.78 is 0. The van der Waals surface area contributed by atoms with Crippen LogP contribution >= 0.6 is 0 Å². The van der Waals surface area contributed by atoms with Crippen molar-refractivity contribution < 1.29 is 4.79 Å². The molecule has 0 saturated heterocycles. The molecule has 23 heavy (non-hydrogen) atoms. The van der Waals surface area contributed by atoms with E-state index >= 15 is 0 Å². The van der Waals surface area contributed by atoms with Crippen molar-refractivity contribution in [3.8, 4) is 0 Å². The average molecular weight is 308 g/mol. The quantitative estimate of drug-likeness (QED) is 0.671. The van der Waals surface area contributed by atoms with Crippen LogP contribution in [0.2, 0.25) is 0 Å². The molecule has 1 N–H and O–H groups in total. The second-order valence-electron chi connectivity index (χ2n) is 6.72. The fourth-order valence-electron chi connectivity index (χ4n) is 2.24. The van der Waals surface area contributed by atoms with Crippen LogP contribution in [-0.2, 0) is 16.6 Å². The highest BCUT2D eigenvalue weighted by Gasteiger charge is 2.13. The van der Waals surface area contributed by atoms with Crippen molar-refractivity contribution in [1.29, 1.82) is 0 Å². The summed E-state index contributed by atoms with van der Waals surface area (Å²) >= 11 is 0. The third-order valence-corrected chi connectivity index (χ3v) is 3.72. The molecule has 0 radical (unpaired) electrons. The molecular formula is C20H24N2O. The van der Waals surface area contributed by atoms with E-state index in [1.165, 1.54) is 5.56 Å². The first kappa shape index (κ1) is 16.9. The van der Waals surface area contributed by atoms with Crippen LogP contribution in [0, 0.1) is 0 Å². The SMILES string of the molecule is C/C(=N/NC(=O)Cc1ccccc1)c1ccc(C(C)(C)C)cc1. The Labute approximate surface area is 138 Å². The average Bonchev–Trinajstić information content (AvgIpc) is 2.53. The number of hydrogen-bond acceptors (Lipinski definition) is 2. The van der Waals surface area contributed by atoms with Crippen molar-refractivity contribution in [2.75, 3.05) is 0 Å². The Bertz CT molecular complexity index is 680. The van der Waals surface area contributed by atoms with E-state index in [9.17, 15) is 4.79 Å².